The summed E-state index contributed by atoms with van der Waals surface area (Å²) in [5.41, 5.74) is 0.781. The van der Waals surface area contributed by atoms with E-state index in [1.54, 1.807) is 42.6 Å². The number of aliphatic hydroxyl groups is 1. The second kappa shape index (κ2) is 10.1. The van der Waals surface area contributed by atoms with Crippen LogP contribution in [-0.4, -0.2) is 32.1 Å². The standard InChI is InChI=1S/C19H18ClN3O4.Y/c20-14-6-3-12(4-7-14)10-21-17(25)16-18(26)22-15-8-5-13(2-1-9-24)11-23(15)19(16)27;/h3-8,11,24,26H,1-2,9-10H2,(H,21,25);. The maximum Gasteiger partial charge on any atom is 0.274 e. The topological polar surface area (TPSA) is 104 Å². The van der Waals surface area contributed by atoms with Crippen LogP contribution in [0.4, 0.5) is 0 Å². The normalized spacial score (nSPS) is 10.5. The van der Waals surface area contributed by atoms with Crippen molar-refractivity contribution in [2.24, 2.45) is 0 Å². The maximum absolute atomic E-state index is 12.7. The third-order valence-electron chi connectivity index (χ3n) is 4.08. The van der Waals surface area contributed by atoms with Crippen molar-refractivity contribution in [1.29, 1.82) is 0 Å². The molecule has 0 saturated heterocycles. The molecule has 143 valence electrons. The SMILES string of the molecule is O=C(NCc1ccc(Cl)cc1)c1c(O)nc2ccc(CCCO)cn2c1=O.[Y]. The predicted octanol–water partition coefficient (Wildman–Crippen LogP) is 1.91. The van der Waals surface area contributed by atoms with Crippen LogP contribution in [-0.2, 0) is 45.7 Å². The van der Waals surface area contributed by atoms with Crippen molar-refractivity contribution in [3.8, 4) is 5.88 Å². The fourth-order valence-corrected chi connectivity index (χ4v) is 2.80. The first-order chi connectivity index (χ1) is 13.0. The quantitative estimate of drug-likeness (QED) is 0.504. The van der Waals surface area contributed by atoms with Crippen LogP contribution in [0, 0.1) is 0 Å². The van der Waals surface area contributed by atoms with Gasteiger partial charge < -0.3 is 15.5 Å². The first-order valence-corrected chi connectivity index (χ1v) is 8.75. The van der Waals surface area contributed by atoms with Crippen molar-refractivity contribution in [2.45, 2.75) is 19.4 Å². The van der Waals surface area contributed by atoms with E-state index in [-0.39, 0.29) is 51.5 Å². The molecule has 0 spiro atoms. The van der Waals surface area contributed by atoms with Gasteiger partial charge in [0, 0.05) is 57.1 Å². The Morgan fingerprint density at radius 3 is 2.50 bits per heavy atom. The number of hydrogen-bond donors (Lipinski definition) is 3. The molecule has 1 amide bonds. The van der Waals surface area contributed by atoms with Crippen molar-refractivity contribution in [2.75, 3.05) is 6.61 Å². The van der Waals surface area contributed by atoms with Gasteiger partial charge in [-0.05, 0) is 42.2 Å². The molecule has 0 aliphatic heterocycles. The molecular formula is C19H18ClN3O4Y. The molecule has 9 heteroatoms. The number of pyridine rings is 1. The molecule has 2 aromatic heterocycles. The van der Waals surface area contributed by atoms with Crippen molar-refractivity contribution >= 4 is 23.2 Å². The molecule has 1 radical (unpaired) electrons. The third kappa shape index (κ3) is 5.17. The summed E-state index contributed by atoms with van der Waals surface area (Å²) < 4.78 is 1.23. The van der Waals surface area contributed by atoms with Gasteiger partial charge in [-0.1, -0.05) is 29.8 Å². The number of aliphatic hydroxyl groups excluding tert-OH is 1. The predicted molar refractivity (Wildman–Crippen MR) is 101 cm³/mol. The molecule has 0 aliphatic rings. The number of aromatic nitrogens is 2. The van der Waals surface area contributed by atoms with E-state index in [9.17, 15) is 14.7 Å². The Morgan fingerprint density at radius 2 is 1.82 bits per heavy atom. The Morgan fingerprint density at radius 1 is 1.14 bits per heavy atom. The number of nitrogens with zero attached hydrogens (tertiary/aromatic N) is 2. The number of halogens is 1. The number of nitrogens with one attached hydrogen (secondary N) is 1. The Balaban J connectivity index is 0.00000280. The zero-order valence-corrected chi connectivity index (χ0v) is 18.5. The number of amides is 1. The fourth-order valence-electron chi connectivity index (χ4n) is 2.67. The van der Waals surface area contributed by atoms with Crippen molar-refractivity contribution < 1.29 is 47.7 Å². The van der Waals surface area contributed by atoms with Crippen molar-refractivity contribution in [3.05, 3.63) is 74.7 Å². The van der Waals surface area contributed by atoms with Gasteiger partial charge in [0.15, 0.2) is 5.56 Å². The molecule has 0 bridgehead atoms. The number of fused-ring (bicyclic) bond motifs is 1. The largest absolute Gasteiger partial charge is 0.493 e. The molecule has 3 N–H and O–H groups in total. The first kappa shape index (κ1) is 22.5. The molecule has 0 aliphatic carbocycles. The zero-order chi connectivity index (χ0) is 19.4. The summed E-state index contributed by atoms with van der Waals surface area (Å²) in [6.45, 7) is 0.216. The number of rotatable bonds is 6. The number of aromatic hydroxyl groups is 1. The van der Waals surface area contributed by atoms with Crippen molar-refractivity contribution in [1.82, 2.24) is 14.7 Å². The summed E-state index contributed by atoms with van der Waals surface area (Å²) in [6.07, 6.45) is 2.70. The molecule has 3 aromatic rings. The van der Waals surface area contributed by atoms with Crippen LogP contribution >= 0.6 is 11.6 Å². The number of carbonyl (C=O) groups is 1. The number of carbonyl (C=O) groups excluding carboxylic acids is 1. The molecule has 2 heterocycles. The molecule has 7 nitrogen and oxygen atoms in total. The number of benzene rings is 1. The Hall–Kier alpha value is -1.80. The van der Waals surface area contributed by atoms with Crippen LogP contribution in [0.1, 0.15) is 27.9 Å². The molecule has 3 rings (SSSR count). The van der Waals surface area contributed by atoms with Gasteiger partial charge in [-0.15, -0.1) is 0 Å². The van der Waals surface area contributed by atoms with E-state index in [1.807, 2.05) is 0 Å². The Kier molecular flexibility index (Phi) is 8.13. The Bertz CT molecular complexity index is 1040. The molecule has 0 unspecified atom stereocenters. The van der Waals surface area contributed by atoms with E-state index in [2.05, 4.69) is 10.3 Å². The third-order valence-corrected chi connectivity index (χ3v) is 4.33. The van der Waals surface area contributed by atoms with Crippen LogP contribution in [0.3, 0.4) is 0 Å². The average molecular weight is 477 g/mol. The fraction of sp³-hybridized carbons (Fsp3) is 0.211. The second-order valence-corrected chi connectivity index (χ2v) is 6.45. The van der Waals surface area contributed by atoms with E-state index < -0.39 is 22.9 Å². The second-order valence-electron chi connectivity index (χ2n) is 6.02. The van der Waals surface area contributed by atoms with Crippen molar-refractivity contribution in [3.63, 3.8) is 0 Å². The summed E-state index contributed by atoms with van der Waals surface area (Å²) in [5, 5.41) is 22.2. The molecular weight excluding hydrogens is 459 g/mol. The van der Waals surface area contributed by atoms with Crippen LogP contribution in [0.25, 0.3) is 5.65 Å². The van der Waals surface area contributed by atoms with Gasteiger partial charge in [0.25, 0.3) is 11.5 Å². The Labute approximate surface area is 191 Å². The first-order valence-electron chi connectivity index (χ1n) is 8.37. The van der Waals surface area contributed by atoms with Crippen LogP contribution in [0.5, 0.6) is 5.88 Å². The van der Waals surface area contributed by atoms with Crippen LogP contribution in [0.15, 0.2) is 47.4 Å². The average Bonchev–Trinajstić information content (AvgIpc) is 2.66. The maximum atomic E-state index is 12.7. The van der Waals surface area contributed by atoms with Gasteiger partial charge in [0.1, 0.15) is 5.65 Å². The summed E-state index contributed by atoms with van der Waals surface area (Å²) >= 11 is 5.83. The summed E-state index contributed by atoms with van der Waals surface area (Å²) in [7, 11) is 0. The van der Waals surface area contributed by atoms with E-state index in [0.29, 0.717) is 17.9 Å². The van der Waals surface area contributed by atoms with Gasteiger partial charge in [0.2, 0.25) is 5.88 Å². The van der Waals surface area contributed by atoms with Gasteiger partial charge in [0.05, 0.1) is 0 Å². The summed E-state index contributed by atoms with van der Waals surface area (Å²) in [4.78, 5) is 29.1. The molecule has 0 saturated carbocycles. The number of aryl methyl sites for hydroxylation is 1. The minimum atomic E-state index is -0.713. The van der Waals surface area contributed by atoms with Gasteiger partial charge >= 0.3 is 0 Å². The van der Waals surface area contributed by atoms with Crippen LogP contribution in [0.2, 0.25) is 5.02 Å². The summed E-state index contributed by atoms with van der Waals surface area (Å²) in [5.74, 6) is -1.33. The molecule has 28 heavy (non-hydrogen) atoms. The van der Waals surface area contributed by atoms with Gasteiger partial charge in [-0.3, -0.25) is 14.0 Å². The van der Waals surface area contributed by atoms with Gasteiger partial charge in [-0.25, -0.2) is 0 Å². The minimum Gasteiger partial charge on any atom is -0.493 e. The smallest absolute Gasteiger partial charge is 0.274 e. The summed E-state index contributed by atoms with van der Waals surface area (Å²) in [6, 6.07) is 10.2. The monoisotopic (exact) mass is 476 g/mol. The van der Waals surface area contributed by atoms with E-state index in [0.717, 1.165) is 11.1 Å². The molecule has 0 atom stereocenters. The van der Waals surface area contributed by atoms with E-state index in [1.165, 1.54) is 4.40 Å². The van der Waals surface area contributed by atoms with Gasteiger partial charge in [-0.2, -0.15) is 4.98 Å². The van der Waals surface area contributed by atoms with E-state index >= 15 is 0 Å². The minimum absolute atomic E-state index is 0. The zero-order valence-electron chi connectivity index (χ0n) is 14.9. The molecule has 0 fully saturated rings. The van der Waals surface area contributed by atoms with Crippen LogP contribution < -0.4 is 10.9 Å². The number of hydrogen-bond acceptors (Lipinski definition) is 5. The molecule has 1 aromatic carbocycles. The van der Waals surface area contributed by atoms with E-state index in [4.69, 9.17) is 16.7 Å².